The lowest BCUT2D eigenvalue weighted by Crippen LogP contribution is -2.17. The highest BCUT2D eigenvalue weighted by atomic mass is 16.5. The largest absolute Gasteiger partial charge is 0.289 e. The summed E-state index contributed by atoms with van der Waals surface area (Å²) in [5.74, 6) is -0.329. The average Bonchev–Trinajstić information content (AvgIpc) is 2.50. The molecule has 0 bridgehead atoms. The average molecular weight is 270 g/mol. The molecule has 1 aromatic carbocycles. The van der Waals surface area contributed by atoms with Crippen LogP contribution in [-0.4, -0.2) is 16.1 Å². The number of aromatic nitrogens is 1. The van der Waals surface area contributed by atoms with Gasteiger partial charge in [-0.3, -0.25) is 10.0 Å². The zero-order valence-corrected chi connectivity index (χ0v) is 11.2. The number of hydrogen-bond donors (Lipinski definition) is 2. The maximum atomic E-state index is 10.8. The number of nitrogens with one attached hydrogen (secondary N) is 1. The maximum absolute atomic E-state index is 10.8. The monoisotopic (exact) mass is 270 g/mol. The van der Waals surface area contributed by atoms with Gasteiger partial charge in [-0.1, -0.05) is 30.3 Å². The maximum Gasteiger partial charge on any atom is 0.243 e. The van der Waals surface area contributed by atoms with Gasteiger partial charge in [-0.25, -0.2) is 10.5 Å². The van der Waals surface area contributed by atoms with E-state index in [1.54, 1.807) is 5.48 Å². The number of fused-ring (bicyclic) bond motifs is 1. The van der Waals surface area contributed by atoms with Crippen LogP contribution >= 0.6 is 0 Å². The van der Waals surface area contributed by atoms with Gasteiger partial charge >= 0.3 is 0 Å². The van der Waals surface area contributed by atoms with E-state index in [0.717, 1.165) is 35.9 Å². The van der Waals surface area contributed by atoms with Crippen molar-refractivity contribution in [2.75, 3.05) is 0 Å². The molecule has 1 heterocycles. The lowest BCUT2D eigenvalue weighted by Gasteiger charge is -1.99. The molecule has 0 radical (unpaired) electrons. The fraction of sp³-hybridized carbons (Fsp3) is 0.250. The number of pyridine rings is 1. The summed E-state index contributed by atoms with van der Waals surface area (Å²) in [4.78, 5) is 15.4. The van der Waals surface area contributed by atoms with E-state index in [1.807, 2.05) is 36.4 Å². The van der Waals surface area contributed by atoms with Gasteiger partial charge in [0.05, 0.1) is 11.2 Å². The van der Waals surface area contributed by atoms with Crippen molar-refractivity contribution in [2.24, 2.45) is 0 Å². The van der Waals surface area contributed by atoms with Crippen LogP contribution in [0.15, 0.2) is 42.5 Å². The first-order valence-electron chi connectivity index (χ1n) is 6.75. The Morgan fingerprint density at radius 1 is 1.20 bits per heavy atom. The predicted octanol–water partition coefficient (Wildman–Crippen LogP) is 3.31. The molecule has 1 aromatic heterocycles. The van der Waals surface area contributed by atoms with Crippen molar-refractivity contribution in [3.8, 4) is 0 Å². The third-order valence-electron chi connectivity index (χ3n) is 3.06. The van der Waals surface area contributed by atoms with E-state index in [0.29, 0.717) is 6.42 Å². The number of carbonyl (C=O) groups excluding carboxylic acids is 1. The number of benzene rings is 1. The normalized spacial score (nSPS) is 11.1. The van der Waals surface area contributed by atoms with Crippen LogP contribution in [0.4, 0.5) is 0 Å². The minimum absolute atomic E-state index is 0.329. The first-order valence-corrected chi connectivity index (χ1v) is 6.75. The molecule has 4 nitrogen and oxygen atoms in total. The van der Waals surface area contributed by atoms with Crippen LogP contribution < -0.4 is 5.48 Å². The van der Waals surface area contributed by atoms with Crippen LogP contribution in [0.5, 0.6) is 0 Å². The SMILES string of the molecule is O=C(CCCCC=Cc1ccc2ccccc2n1)NO. The Morgan fingerprint density at radius 3 is 2.90 bits per heavy atom. The molecule has 104 valence electrons. The Kier molecular flexibility index (Phi) is 5.26. The number of allylic oxidation sites excluding steroid dienone is 1. The summed E-state index contributed by atoms with van der Waals surface area (Å²) in [6, 6.07) is 12.1. The number of rotatable bonds is 6. The minimum Gasteiger partial charge on any atom is -0.289 e. The molecule has 2 rings (SSSR count). The number of carbonyl (C=O) groups is 1. The first kappa shape index (κ1) is 14.2. The Bertz CT molecular complexity index is 608. The topological polar surface area (TPSA) is 62.2 Å². The van der Waals surface area contributed by atoms with Gasteiger partial charge in [-0.05, 0) is 37.5 Å². The molecule has 20 heavy (non-hydrogen) atoms. The van der Waals surface area contributed by atoms with Gasteiger partial charge in [0, 0.05) is 11.8 Å². The molecule has 0 saturated carbocycles. The third kappa shape index (κ3) is 4.17. The van der Waals surface area contributed by atoms with Crippen LogP contribution in [0.3, 0.4) is 0 Å². The summed E-state index contributed by atoms with van der Waals surface area (Å²) < 4.78 is 0. The summed E-state index contributed by atoms with van der Waals surface area (Å²) in [7, 11) is 0. The van der Waals surface area contributed by atoms with Crippen LogP contribution in [0.25, 0.3) is 17.0 Å². The van der Waals surface area contributed by atoms with Crippen molar-refractivity contribution < 1.29 is 10.0 Å². The zero-order valence-electron chi connectivity index (χ0n) is 11.2. The fourth-order valence-corrected chi connectivity index (χ4v) is 1.98. The van der Waals surface area contributed by atoms with E-state index < -0.39 is 0 Å². The van der Waals surface area contributed by atoms with E-state index in [2.05, 4.69) is 17.1 Å². The van der Waals surface area contributed by atoms with E-state index in [4.69, 9.17) is 5.21 Å². The number of nitrogens with zero attached hydrogens (tertiary/aromatic N) is 1. The second-order valence-corrected chi connectivity index (χ2v) is 4.61. The summed E-state index contributed by atoms with van der Waals surface area (Å²) >= 11 is 0. The molecular weight excluding hydrogens is 252 g/mol. The quantitative estimate of drug-likeness (QED) is 0.481. The van der Waals surface area contributed by atoms with E-state index in [-0.39, 0.29) is 5.91 Å². The van der Waals surface area contributed by atoms with Crippen LogP contribution in [0, 0.1) is 0 Å². The molecule has 0 spiro atoms. The van der Waals surface area contributed by atoms with Gasteiger partial charge in [0.15, 0.2) is 0 Å². The highest BCUT2D eigenvalue weighted by Gasteiger charge is 1.97. The van der Waals surface area contributed by atoms with Crippen LogP contribution in [0.2, 0.25) is 0 Å². The Morgan fingerprint density at radius 2 is 2.05 bits per heavy atom. The summed E-state index contributed by atoms with van der Waals surface area (Å²) in [5.41, 5.74) is 3.57. The van der Waals surface area contributed by atoms with Crippen molar-refractivity contribution in [3.63, 3.8) is 0 Å². The van der Waals surface area contributed by atoms with Gasteiger partial charge in [-0.15, -0.1) is 0 Å². The lowest BCUT2D eigenvalue weighted by atomic mass is 10.1. The molecule has 0 saturated heterocycles. The van der Waals surface area contributed by atoms with Crippen molar-refractivity contribution in [1.82, 2.24) is 10.5 Å². The van der Waals surface area contributed by atoms with E-state index >= 15 is 0 Å². The molecule has 0 unspecified atom stereocenters. The molecule has 4 heteroatoms. The molecule has 0 aliphatic rings. The summed E-state index contributed by atoms with van der Waals surface area (Å²) in [5, 5.41) is 9.49. The summed E-state index contributed by atoms with van der Waals surface area (Å²) in [6.45, 7) is 0. The van der Waals surface area contributed by atoms with Crippen molar-refractivity contribution in [1.29, 1.82) is 0 Å². The van der Waals surface area contributed by atoms with Gasteiger partial charge in [0.25, 0.3) is 0 Å². The molecule has 0 atom stereocenters. The molecule has 0 aliphatic heterocycles. The number of hydroxylamine groups is 1. The van der Waals surface area contributed by atoms with Crippen molar-refractivity contribution >= 4 is 22.9 Å². The number of hydrogen-bond acceptors (Lipinski definition) is 3. The zero-order chi connectivity index (χ0) is 14.2. The Labute approximate surface area is 118 Å². The van der Waals surface area contributed by atoms with Gasteiger partial charge in [-0.2, -0.15) is 0 Å². The highest BCUT2D eigenvalue weighted by Crippen LogP contribution is 2.13. The number of para-hydroxylation sites is 1. The molecule has 2 aromatic rings. The van der Waals surface area contributed by atoms with Crippen molar-refractivity contribution in [3.05, 3.63) is 48.2 Å². The molecular formula is C16H18N2O2. The standard InChI is InChI=1S/C16H18N2O2/c19-16(18-20)10-4-2-1-3-8-14-12-11-13-7-5-6-9-15(13)17-14/h3,5-9,11-12,20H,1-2,4,10H2,(H,18,19). The second-order valence-electron chi connectivity index (χ2n) is 4.61. The van der Waals surface area contributed by atoms with E-state index in [1.165, 1.54) is 0 Å². The van der Waals surface area contributed by atoms with Gasteiger partial charge in [0.1, 0.15) is 0 Å². The van der Waals surface area contributed by atoms with Gasteiger partial charge in [0.2, 0.25) is 5.91 Å². The minimum atomic E-state index is -0.329. The van der Waals surface area contributed by atoms with Crippen LogP contribution in [-0.2, 0) is 4.79 Å². The Balaban J connectivity index is 1.82. The summed E-state index contributed by atoms with van der Waals surface area (Å²) in [6.07, 6.45) is 7.00. The Hall–Kier alpha value is -2.20. The van der Waals surface area contributed by atoms with Crippen LogP contribution in [0.1, 0.15) is 31.4 Å². The van der Waals surface area contributed by atoms with Gasteiger partial charge < -0.3 is 0 Å². The smallest absolute Gasteiger partial charge is 0.243 e. The van der Waals surface area contributed by atoms with Crippen molar-refractivity contribution in [2.45, 2.75) is 25.7 Å². The third-order valence-corrected chi connectivity index (χ3v) is 3.06. The molecule has 2 N–H and O–H groups in total. The highest BCUT2D eigenvalue weighted by molar-refractivity contribution is 5.79. The molecule has 0 aliphatic carbocycles. The second kappa shape index (κ2) is 7.40. The number of amides is 1. The molecule has 0 fully saturated rings. The molecule has 1 amide bonds. The predicted molar refractivity (Wildman–Crippen MR) is 79.2 cm³/mol. The number of unbranched alkanes of at least 4 members (excludes halogenated alkanes) is 2. The lowest BCUT2D eigenvalue weighted by molar-refractivity contribution is -0.129. The van der Waals surface area contributed by atoms with E-state index in [9.17, 15) is 4.79 Å². The first-order chi connectivity index (χ1) is 9.79. The fourth-order valence-electron chi connectivity index (χ4n) is 1.98.